The summed E-state index contributed by atoms with van der Waals surface area (Å²) in [5.41, 5.74) is 0. The summed E-state index contributed by atoms with van der Waals surface area (Å²) in [6.07, 6.45) is 2.56. The predicted molar refractivity (Wildman–Crippen MR) is 41.7 cm³/mol. The van der Waals surface area contributed by atoms with Gasteiger partial charge in [-0.25, -0.2) is 0 Å². The van der Waals surface area contributed by atoms with Crippen molar-refractivity contribution in [3.8, 4) is 0 Å². The van der Waals surface area contributed by atoms with Gasteiger partial charge in [0.05, 0.1) is 26.4 Å². The molecule has 0 unspecified atom stereocenters. The van der Waals surface area contributed by atoms with Crippen molar-refractivity contribution in [2.75, 3.05) is 39.6 Å². The molecule has 3 nitrogen and oxygen atoms in total. The molecule has 2 aliphatic heterocycles. The summed E-state index contributed by atoms with van der Waals surface area (Å²) in [6.45, 7) is 5.11. The molecule has 0 spiro atoms. The number of hydrogen-bond donors (Lipinski definition) is 0. The van der Waals surface area contributed by atoms with Gasteiger partial charge in [-0.05, 0) is 12.8 Å². The zero-order chi connectivity index (χ0) is 7.78. The second-order valence-electron chi connectivity index (χ2n) is 2.54. The smallest absolute Gasteiger partial charge is 0.0701 e. The van der Waals surface area contributed by atoms with Gasteiger partial charge in [0.15, 0.2) is 0 Å². The molecule has 0 bridgehead atoms. The third-order valence-corrected chi connectivity index (χ3v) is 1.57. The Hall–Kier alpha value is -0.120. The van der Waals surface area contributed by atoms with Gasteiger partial charge in [0, 0.05) is 13.2 Å². The molecule has 2 aliphatic rings. The van der Waals surface area contributed by atoms with Crippen molar-refractivity contribution in [2.45, 2.75) is 12.8 Å². The summed E-state index contributed by atoms with van der Waals surface area (Å²) in [4.78, 5) is 0. The zero-order valence-corrected chi connectivity index (χ0v) is 6.88. The normalized spacial score (nSPS) is 24.0. The Morgan fingerprint density at radius 1 is 0.455 bits per heavy atom. The molecule has 0 radical (unpaired) electrons. The first-order valence-electron chi connectivity index (χ1n) is 4.23. The Morgan fingerprint density at radius 2 is 0.818 bits per heavy atom. The van der Waals surface area contributed by atoms with Crippen molar-refractivity contribution >= 4 is 0 Å². The minimum atomic E-state index is 0.778. The summed E-state index contributed by atoms with van der Waals surface area (Å²) >= 11 is 0. The van der Waals surface area contributed by atoms with Crippen molar-refractivity contribution < 1.29 is 14.2 Å². The number of ether oxygens (including phenoxy) is 3. The van der Waals surface area contributed by atoms with Crippen molar-refractivity contribution in [3.05, 3.63) is 0 Å². The molecule has 0 saturated carbocycles. The van der Waals surface area contributed by atoms with Crippen molar-refractivity contribution in [1.82, 2.24) is 0 Å². The lowest BCUT2D eigenvalue weighted by atomic mass is 10.4. The Morgan fingerprint density at radius 3 is 1.00 bits per heavy atom. The first kappa shape index (κ1) is 8.97. The van der Waals surface area contributed by atoms with Crippen LogP contribution in [0.25, 0.3) is 0 Å². The van der Waals surface area contributed by atoms with E-state index in [0.717, 1.165) is 39.6 Å². The van der Waals surface area contributed by atoms with Crippen LogP contribution in [0.4, 0.5) is 0 Å². The van der Waals surface area contributed by atoms with Gasteiger partial charge >= 0.3 is 0 Å². The first-order valence-corrected chi connectivity index (χ1v) is 4.23. The van der Waals surface area contributed by atoms with Crippen LogP contribution in [-0.4, -0.2) is 39.6 Å². The molecule has 0 aromatic rings. The van der Waals surface area contributed by atoms with E-state index in [1.54, 1.807) is 0 Å². The zero-order valence-electron chi connectivity index (χ0n) is 6.88. The second kappa shape index (κ2) is 6.58. The van der Waals surface area contributed by atoms with E-state index in [-0.39, 0.29) is 0 Å². The molecule has 3 heteroatoms. The van der Waals surface area contributed by atoms with Crippen LogP contribution in [0.5, 0.6) is 0 Å². The van der Waals surface area contributed by atoms with Crippen LogP contribution < -0.4 is 0 Å². The molecular weight excluding hydrogens is 144 g/mol. The largest absolute Gasteiger partial charge is 0.381 e. The maximum atomic E-state index is 4.94. The van der Waals surface area contributed by atoms with Gasteiger partial charge in [-0.15, -0.1) is 0 Å². The molecule has 11 heavy (non-hydrogen) atoms. The van der Waals surface area contributed by atoms with Gasteiger partial charge in [-0.3, -0.25) is 0 Å². The highest BCUT2D eigenvalue weighted by Gasteiger charge is 1.95. The molecule has 0 amide bonds. The predicted octanol–water partition coefficient (Wildman–Crippen LogP) is 0.830. The maximum absolute atomic E-state index is 4.94. The number of hydrogen-bond acceptors (Lipinski definition) is 3. The van der Waals surface area contributed by atoms with Crippen LogP contribution >= 0.6 is 0 Å². The van der Waals surface area contributed by atoms with Crippen molar-refractivity contribution in [2.24, 2.45) is 0 Å². The van der Waals surface area contributed by atoms with Crippen LogP contribution in [0, 0.1) is 0 Å². The fraction of sp³-hybridized carbons (Fsp3) is 1.00. The summed E-state index contributed by atoms with van der Waals surface area (Å²) < 4.78 is 14.8. The standard InChI is InChI=1S/C4H8O2.C4H8O/c1-2-6-4-3-5-1;1-2-4-5-3-1/h1-4H2;1-4H2. The molecule has 2 saturated heterocycles. The second-order valence-corrected chi connectivity index (χ2v) is 2.54. The SMILES string of the molecule is C1CCOC1.C1COCCO1. The molecule has 0 atom stereocenters. The van der Waals surface area contributed by atoms with Crippen LogP contribution in [0.2, 0.25) is 0 Å². The first-order chi connectivity index (χ1) is 5.50. The van der Waals surface area contributed by atoms with Gasteiger partial charge in [0.1, 0.15) is 0 Å². The topological polar surface area (TPSA) is 27.7 Å². The average Bonchev–Trinajstić information content (AvgIpc) is 2.64. The molecule has 2 rings (SSSR count). The summed E-state index contributed by atoms with van der Waals surface area (Å²) in [5, 5.41) is 0. The Kier molecular flexibility index (Phi) is 5.37. The van der Waals surface area contributed by atoms with E-state index in [1.165, 1.54) is 12.8 Å². The highest BCUT2D eigenvalue weighted by atomic mass is 16.6. The molecule has 0 aromatic carbocycles. The maximum Gasteiger partial charge on any atom is 0.0701 e. The van der Waals surface area contributed by atoms with Gasteiger partial charge in [-0.1, -0.05) is 0 Å². The minimum Gasteiger partial charge on any atom is -0.381 e. The summed E-state index contributed by atoms with van der Waals surface area (Å²) in [7, 11) is 0. The average molecular weight is 160 g/mol. The molecule has 0 aliphatic carbocycles. The van der Waals surface area contributed by atoms with E-state index in [4.69, 9.17) is 14.2 Å². The van der Waals surface area contributed by atoms with Gasteiger partial charge < -0.3 is 14.2 Å². The van der Waals surface area contributed by atoms with E-state index in [1.807, 2.05) is 0 Å². The van der Waals surface area contributed by atoms with E-state index >= 15 is 0 Å². The highest BCUT2D eigenvalue weighted by Crippen LogP contribution is 1.98. The lowest BCUT2D eigenvalue weighted by Crippen LogP contribution is -2.16. The van der Waals surface area contributed by atoms with Crippen LogP contribution in [-0.2, 0) is 14.2 Å². The lowest BCUT2D eigenvalue weighted by molar-refractivity contribution is -0.0334. The van der Waals surface area contributed by atoms with E-state index in [0.29, 0.717) is 0 Å². The summed E-state index contributed by atoms with van der Waals surface area (Å²) in [5.74, 6) is 0. The third kappa shape index (κ3) is 5.18. The Labute approximate surface area is 67.6 Å². The minimum absolute atomic E-state index is 0.778. The van der Waals surface area contributed by atoms with Gasteiger partial charge in [-0.2, -0.15) is 0 Å². The van der Waals surface area contributed by atoms with E-state index in [9.17, 15) is 0 Å². The molecule has 2 heterocycles. The Bertz CT molecular complexity index is 58.3. The van der Waals surface area contributed by atoms with Crippen LogP contribution in [0.3, 0.4) is 0 Å². The monoisotopic (exact) mass is 160 g/mol. The van der Waals surface area contributed by atoms with E-state index in [2.05, 4.69) is 0 Å². The fourth-order valence-electron chi connectivity index (χ4n) is 0.950. The molecular formula is C8H16O3. The van der Waals surface area contributed by atoms with E-state index < -0.39 is 0 Å². The van der Waals surface area contributed by atoms with Crippen LogP contribution in [0.15, 0.2) is 0 Å². The van der Waals surface area contributed by atoms with Gasteiger partial charge in [0.2, 0.25) is 0 Å². The third-order valence-electron chi connectivity index (χ3n) is 1.57. The summed E-state index contributed by atoms with van der Waals surface area (Å²) in [6, 6.07) is 0. The Balaban J connectivity index is 0.000000112. The molecule has 2 fully saturated rings. The number of rotatable bonds is 0. The van der Waals surface area contributed by atoms with Crippen molar-refractivity contribution in [3.63, 3.8) is 0 Å². The fourth-order valence-corrected chi connectivity index (χ4v) is 0.950. The van der Waals surface area contributed by atoms with Crippen molar-refractivity contribution in [1.29, 1.82) is 0 Å². The highest BCUT2D eigenvalue weighted by molar-refractivity contribution is 4.43. The molecule has 0 N–H and O–H groups in total. The molecule has 0 aromatic heterocycles. The van der Waals surface area contributed by atoms with Gasteiger partial charge in [0.25, 0.3) is 0 Å². The van der Waals surface area contributed by atoms with Crippen LogP contribution in [0.1, 0.15) is 12.8 Å². The molecule has 66 valence electrons. The quantitative estimate of drug-likeness (QED) is 0.525. The lowest BCUT2D eigenvalue weighted by Gasteiger charge is -2.09.